The SMILES string of the molecule is CC(C)(NCc1ccc(-c2ccccc2)cc1)C(N)=O. The van der Waals surface area contributed by atoms with Gasteiger partial charge in [0.25, 0.3) is 0 Å². The van der Waals surface area contributed by atoms with Crippen LogP contribution >= 0.6 is 0 Å². The molecular weight excluding hydrogens is 248 g/mol. The quantitative estimate of drug-likeness (QED) is 0.876. The monoisotopic (exact) mass is 268 g/mol. The van der Waals surface area contributed by atoms with Crippen LogP contribution in [0.15, 0.2) is 54.6 Å². The minimum absolute atomic E-state index is 0.349. The Morgan fingerprint density at radius 3 is 2.10 bits per heavy atom. The molecule has 0 saturated heterocycles. The molecule has 0 bridgehead atoms. The molecule has 2 rings (SSSR count). The number of rotatable bonds is 5. The van der Waals surface area contributed by atoms with Gasteiger partial charge in [-0.15, -0.1) is 0 Å². The lowest BCUT2D eigenvalue weighted by Crippen LogP contribution is -2.50. The fraction of sp³-hybridized carbons (Fsp3) is 0.235. The Morgan fingerprint density at radius 2 is 1.55 bits per heavy atom. The number of carbonyl (C=O) groups excluding carboxylic acids is 1. The van der Waals surface area contributed by atoms with Gasteiger partial charge in [0.2, 0.25) is 5.91 Å². The van der Waals surface area contributed by atoms with Crippen LogP contribution in [0.5, 0.6) is 0 Å². The van der Waals surface area contributed by atoms with Crippen LogP contribution in [0.1, 0.15) is 19.4 Å². The van der Waals surface area contributed by atoms with Gasteiger partial charge >= 0.3 is 0 Å². The Labute approximate surface area is 119 Å². The number of hydrogen-bond acceptors (Lipinski definition) is 2. The summed E-state index contributed by atoms with van der Waals surface area (Å²) in [6, 6.07) is 18.5. The van der Waals surface area contributed by atoms with Crippen LogP contribution in [0.25, 0.3) is 11.1 Å². The van der Waals surface area contributed by atoms with Crippen molar-refractivity contribution in [2.45, 2.75) is 25.9 Å². The van der Waals surface area contributed by atoms with Gasteiger partial charge in [-0.2, -0.15) is 0 Å². The maximum Gasteiger partial charge on any atom is 0.237 e. The third-order valence-corrected chi connectivity index (χ3v) is 3.41. The molecule has 0 aromatic heterocycles. The highest BCUT2D eigenvalue weighted by molar-refractivity contribution is 5.83. The molecule has 0 radical (unpaired) electrons. The molecule has 0 spiro atoms. The second-order valence-corrected chi connectivity index (χ2v) is 5.41. The van der Waals surface area contributed by atoms with Gasteiger partial charge in [0, 0.05) is 6.54 Å². The summed E-state index contributed by atoms with van der Waals surface area (Å²) in [6.45, 7) is 4.19. The summed E-state index contributed by atoms with van der Waals surface area (Å²) in [7, 11) is 0. The summed E-state index contributed by atoms with van der Waals surface area (Å²) < 4.78 is 0. The molecule has 2 aromatic carbocycles. The van der Waals surface area contributed by atoms with E-state index in [-0.39, 0.29) is 5.91 Å². The molecule has 0 saturated carbocycles. The summed E-state index contributed by atoms with van der Waals surface area (Å²) in [5.74, 6) is -0.349. The van der Waals surface area contributed by atoms with Crippen LogP contribution < -0.4 is 11.1 Å². The van der Waals surface area contributed by atoms with Crippen LogP contribution in [-0.2, 0) is 11.3 Å². The lowest BCUT2D eigenvalue weighted by Gasteiger charge is -2.22. The first-order valence-electron chi connectivity index (χ1n) is 6.68. The minimum Gasteiger partial charge on any atom is -0.368 e. The Hall–Kier alpha value is -2.13. The van der Waals surface area contributed by atoms with Gasteiger partial charge in [-0.3, -0.25) is 10.1 Å². The van der Waals surface area contributed by atoms with Crippen molar-refractivity contribution in [2.75, 3.05) is 0 Å². The molecule has 0 atom stereocenters. The van der Waals surface area contributed by atoms with Crippen molar-refractivity contribution in [1.29, 1.82) is 0 Å². The van der Waals surface area contributed by atoms with E-state index in [1.165, 1.54) is 11.1 Å². The van der Waals surface area contributed by atoms with Crippen molar-refractivity contribution < 1.29 is 4.79 Å². The van der Waals surface area contributed by atoms with E-state index in [4.69, 9.17) is 5.73 Å². The first-order chi connectivity index (χ1) is 9.49. The zero-order valence-electron chi connectivity index (χ0n) is 11.9. The minimum atomic E-state index is -0.696. The van der Waals surface area contributed by atoms with Crippen molar-refractivity contribution in [3.63, 3.8) is 0 Å². The molecule has 3 N–H and O–H groups in total. The average molecular weight is 268 g/mol. The van der Waals surface area contributed by atoms with E-state index in [1.54, 1.807) is 13.8 Å². The lowest BCUT2D eigenvalue weighted by molar-refractivity contribution is -0.123. The Kier molecular flexibility index (Phi) is 4.20. The predicted molar refractivity (Wildman–Crippen MR) is 82.0 cm³/mol. The zero-order chi connectivity index (χ0) is 14.6. The molecule has 2 aromatic rings. The molecule has 0 aliphatic rings. The van der Waals surface area contributed by atoms with E-state index in [0.717, 1.165) is 5.56 Å². The van der Waals surface area contributed by atoms with Crippen LogP contribution in [0.4, 0.5) is 0 Å². The van der Waals surface area contributed by atoms with Crippen molar-refractivity contribution >= 4 is 5.91 Å². The molecule has 0 heterocycles. The van der Waals surface area contributed by atoms with E-state index < -0.39 is 5.54 Å². The molecule has 3 nitrogen and oxygen atoms in total. The van der Waals surface area contributed by atoms with Crippen molar-refractivity contribution in [2.24, 2.45) is 5.73 Å². The van der Waals surface area contributed by atoms with Crippen molar-refractivity contribution in [1.82, 2.24) is 5.32 Å². The number of amides is 1. The third kappa shape index (κ3) is 3.45. The fourth-order valence-electron chi connectivity index (χ4n) is 1.86. The number of nitrogens with two attached hydrogens (primary N) is 1. The van der Waals surface area contributed by atoms with E-state index >= 15 is 0 Å². The molecule has 20 heavy (non-hydrogen) atoms. The van der Waals surface area contributed by atoms with Gasteiger partial charge < -0.3 is 5.73 Å². The summed E-state index contributed by atoms with van der Waals surface area (Å²) in [5, 5.41) is 3.16. The number of carbonyl (C=O) groups is 1. The number of primary amides is 1. The molecular formula is C17H20N2O. The summed E-state index contributed by atoms with van der Waals surface area (Å²) in [5.41, 5.74) is 8.14. The lowest BCUT2D eigenvalue weighted by atomic mass is 10.0. The molecule has 0 unspecified atom stereocenters. The van der Waals surface area contributed by atoms with Crippen LogP contribution in [0.2, 0.25) is 0 Å². The first kappa shape index (κ1) is 14.3. The Balaban J connectivity index is 2.04. The zero-order valence-corrected chi connectivity index (χ0v) is 11.9. The second-order valence-electron chi connectivity index (χ2n) is 5.41. The summed E-state index contributed by atoms with van der Waals surface area (Å²) in [6.07, 6.45) is 0. The van der Waals surface area contributed by atoms with Crippen molar-refractivity contribution in [3.8, 4) is 11.1 Å². The molecule has 1 amide bonds. The maximum atomic E-state index is 11.2. The average Bonchev–Trinajstić information content (AvgIpc) is 2.46. The normalized spacial score (nSPS) is 11.3. The van der Waals surface area contributed by atoms with E-state index in [1.807, 2.05) is 18.2 Å². The van der Waals surface area contributed by atoms with Crippen LogP contribution in [0.3, 0.4) is 0 Å². The van der Waals surface area contributed by atoms with Crippen LogP contribution in [0, 0.1) is 0 Å². The van der Waals surface area contributed by atoms with Gasteiger partial charge in [-0.05, 0) is 30.5 Å². The second kappa shape index (κ2) is 5.88. The number of nitrogens with one attached hydrogen (secondary N) is 1. The van der Waals surface area contributed by atoms with Gasteiger partial charge in [0.1, 0.15) is 0 Å². The molecule has 0 aliphatic heterocycles. The topological polar surface area (TPSA) is 55.1 Å². The highest BCUT2D eigenvalue weighted by atomic mass is 16.1. The number of benzene rings is 2. The summed E-state index contributed by atoms with van der Waals surface area (Å²) in [4.78, 5) is 11.2. The highest BCUT2D eigenvalue weighted by Crippen LogP contribution is 2.19. The molecule has 0 aliphatic carbocycles. The van der Waals surface area contributed by atoms with Crippen molar-refractivity contribution in [3.05, 3.63) is 60.2 Å². The fourth-order valence-corrected chi connectivity index (χ4v) is 1.86. The largest absolute Gasteiger partial charge is 0.368 e. The van der Waals surface area contributed by atoms with E-state index in [2.05, 4.69) is 41.7 Å². The predicted octanol–water partition coefficient (Wildman–Crippen LogP) is 2.71. The van der Waals surface area contributed by atoms with Gasteiger partial charge in [-0.25, -0.2) is 0 Å². The maximum absolute atomic E-state index is 11.2. The highest BCUT2D eigenvalue weighted by Gasteiger charge is 2.23. The third-order valence-electron chi connectivity index (χ3n) is 3.41. The first-order valence-corrected chi connectivity index (χ1v) is 6.68. The molecule has 3 heteroatoms. The molecule has 0 fully saturated rings. The van der Waals surface area contributed by atoms with E-state index in [9.17, 15) is 4.79 Å². The van der Waals surface area contributed by atoms with Gasteiger partial charge in [0.05, 0.1) is 5.54 Å². The van der Waals surface area contributed by atoms with E-state index in [0.29, 0.717) is 6.54 Å². The van der Waals surface area contributed by atoms with Crippen LogP contribution in [-0.4, -0.2) is 11.4 Å². The molecule has 104 valence electrons. The smallest absolute Gasteiger partial charge is 0.237 e. The summed E-state index contributed by atoms with van der Waals surface area (Å²) >= 11 is 0. The van der Waals surface area contributed by atoms with Gasteiger partial charge in [0.15, 0.2) is 0 Å². The Bertz CT molecular complexity index is 574. The standard InChI is InChI=1S/C17H20N2O/c1-17(2,16(18)20)19-12-13-8-10-15(11-9-13)14-6-4-3-5-7-14/h3-11,19H,12H2,1-2H3,(H2,18,20). The number of hydrogen-bond donors (Lipinski definition) is 2. The van der Waals surface area contributed by atoms with Gasteiger partial charge in [-0.1, -0.05) is 54.6 Å². The Morgan fingerprint density at radius 1 is 1.00 bits per heavy atom.